The molecule has 2 aromatic carbocycles. The summed E-state index contributed by atoms with van der Waals surface area (Å²) in [5.74, 6) is 0.282. The number of hydrogen-bond donors (Lipinski definition) is 0. The smallest absolute Gasteiger partial charge is 0.258 e. The van der Waals surface area contributed by atoms with E-state index < -0.39 is 25.0 Å². The number of nitro groups is 1. The van der Waals surface area contributed by atoms with Crippen LogP contribution in [-0.4, -0.2) is 56.5 Å². The molecule has 162 valence electrons. The van der Waals surface area contributed by atoms with Gasteiger partial charge in [0.05, 0.1) is 14.7 Å². The molecule has 0 atom stereocenters. The molecule has 0 unspecified atom stereocenters. The van der Waals surface area contributed by atoms with Gasteiger partial charge in [0.1, 0.15) is 0 Å². The van der Waals surface area contributed by atoms with Crippen LogP contribution in [0.5, 0.6) is 0 Å². The molecule has 0 radical (unpaired) electrons. The number of hydrogen-bond acceptors (Lipinski definition) is 6. The zero-order valence-corrected chi connectivity index (χ0v) is 18.3. The first-order chi connectivity index (χ1) is 14.0. The lowest BCUT2D eigenvalue weighted by Crippen LogP contribution is -2.50. The number of nitrogens with zero attached hydrogens (tertiary/aromatic N) is 3. The number of nitro benzene ring substituents is 1. The van der Waals surface area contributed by atoms with Gasteiger partial charge in [0.2, 0.25) is 20.0 Å². The maximum Gasteiger partial charge on any atom is 0.270 e. The highest BCUT2D eigenvalue weighted by atomic mass is 32.2. The molecule has 0 N–H and O–H groups in total. The van der Waals surface area contributed by atoms with Crippen LogP contribution in [0.1, 0.15) is 25.3 Å². The molecule has 11 heteroatoms. The summed E-state index contributed by atoms with van der Waals surface area (Å²) < 4.78 is 53.9. The molecule has 3 rings (SSSR count). The second-order valence-electron chi connectivity index (χ2n) is 7.29. The van der Waals surface area contributed by atoms with E-state index in [1.54, 1.807) is 24.3 Å². The molecule has 2 aromatic rings. The van der Waals surface area contributed by atoms with E-state index in [4.69, 9.17) is 0 Å². The van der Waals surface area contributed by atoms with Crippen molar-refractivity contribution in [2.45, 2.75) is 29.6 Å². The van der Waals surface area contributed by atoms with E-state index in [1.165, 1.54) is 22.5 Å². The van der Waals surface area contributed by atoms with E-state index in [0.717, 1.165) is 15.9 Å². The van der Waals surface area contributed by atoms with Crippen molar-refractivity contribution in [1.29, 1.82) is 0 Å². The average molecular weight is 454 g/mol. The average Bonchev–Trinajstić information content (AvgIpc) is 2.74. The predicted octanol–water partition coefficient (Wildman–Crippen LogP) is 2.41. The Kier molecular flexibility index (Phi) is 6.27. The summed E-state index contributed by atoms with van der Waals surface area (Å²) in [6.07, 6.45) is 0. The minimum absolute atomic E-state index is 0.00240. The summed E-state index contributed by atoms with van der Waals surface area (Å²) in [5, 5.41) is 10.9. The molecule has 1 aliphatic heterocycles. The Morgan fingerprint density at radius 3 is 1.80 bits per heavy atom. The van der Waals surface area contributed by atoms with Gasteiger partial charge in [-0.05, 0) is 29.7 Å². The van der Waals surface area contributed by atoms with E-state index in [9.17, 15) is 26.9 Å². The highest BCUT2D eigenvalue weighted by Gasteiger charge is 2.34. The summed E-state index contributed by atoms with van der Waals surface area (Å²) in [6, 6.07) is 11.5. The van der Waals surface area contributed by atoms with Crippen LogP contribution >= 0.6 is 0 Å². The van der Waals surface area contributed by atoms with Crippen molar-refractivity contribution in [3.8, 4) is 0 Å². The van der Waals surface area contributed by atoms with Gasteiger partial charge < -0.3 is 0 Å². The van der Waals surface area contributed by atoms with E-state index in [-0.39, 0.29) is 47.6 Å². The second kappa shape index (κ2) is 8.42. The molecular formula is C19H23N3O6S2. The molecule has 1 heterocycles. The van der Waals surface area contributed by atoms with Crippen LogP contribution in [0.3, 0.4) is 0 Å². The van der Waals surface area contributed by atoms with Crippen molar-refractivity contribution in [1.82, 2.24) is 8.61 Å². The Hall–Kier alpha value is -2.34. The van der Waals surface area contributed by atoms with Gasteiger partial charge in [-0.1, -0.05) is 32.0 Å². The maximum absolute atomic E-state index is 12.9. The fourth-order valence-corrected chi connectivity index (χ4v) is 6.12. The largest absolute Gasteiger partial charge is 0.270 e. The molecular weight excluding hydrogens is 430 g/mol. The van der Waals surface area contributed by atoms with Gasteiger partial charge in [-0.15, -0.1) is 0 Å². The summed E-state index contributed by atoms with van der Waals surface area (Å²) in [5.41, 5.74) is 0.712. The molecule has 0 saturated carbocycles. The number of non-ortho nitro benzene ring substituents is 1. The summed E-state index contributed by atoms with van der Waals surface area (Å²) in [7, 11) is -7.69. The van der Waals surface area contributed by atoms with Gasteiger partial charge in [-0.3, -0.25) is 10.1 Å². The van der Waals surface area contributed by atoms with E-state index in [0.29, 0.717) is 0 Å². The van der Waals surface area contributed by atoms with Gasteiger partial charge in [-0.2, -0.15) is 8.61 Å². The Bertz CT molecular complexity index is 1140. The standard InChI is InChI=1S/C19H23N3O6S2/c1-15(2)16-6-8-18(9-7-16)29(25,26)20-10-12-21(13-11-20)30(27,28)19-5-3-4-17(14-19)22(23)24/h3-9,14-15H,10-13H2,1-2H3. The fourth-order valence-electron chi connectivity index (χ4n) is 3.23. The van der Waals surface area contributed by atoms with Crippen LogP contribution < -0.4 is 0 Å². The fraction of sp³-hybridized carbons (Fsp3) is 0.368. The van der Waals surface area contributed by atoms with E-state index in [2.05, 4.69) is 0 Å². The van der Waals surface area contributed by atoms with Gasteiger partial charge in [0, 0.05) is 38.3 Å². The monoisotopic (exact) mass is 453 g/mol. The highest BCUT2D eigenvalue weighted by Crippen LogP contribution is 2.25. The van der Waals surface area contributed by atoms with Crippen molar-refractivity contribution in [2.24, 2.45) is 0 Å². The van der Waals surface area contributed by atoms with Crippen LogP contribution in [0, 0.1) is 10.1 Å². The Labute approximate surface area is 176 Å². The third kappa shape index (κ3) is 4.38. The van der Waals surface area contributed by atoms with Crippen molar-refractivity contribution < 1.29 is 21.8 Å². The number of benzene rings is 2. The number of piperazine rings is 1. The third-order valence-electron chi connectivity index (χ3n) is 5.05. The van der Waals surface area contributed by atoms with Crippen molar-refractivity contribution >= 4 is 25.7 Å². The van der Waals surface area contributed by atoms with Crippen LogP contribution in [-0.2, 0) is 20.0 Å². The molecule has 9 nitrogen and oxygen atoms in total. The molecule has 1 fully saturated rings. The Morgan fingerprint density at radius 2 is 1.33 bits per heavy atom. The first-order valence-corrected chi connectivity index (χ1v) is 12.3. The van der Waals surface area contributed by atoms with Crippen LogP contribution in [0.4, 0.5) is 5.69 Å². The lowest BCUT2D eigenvalue weighted by Gasteiger charge is -2.33. The Balaban J connectivity index is 1.75. The topological polar surface area (TPSA) is 118 Å². The zero-order valence-electron chi connectivity index (χ0n) is 16.6. The van der Waals surface area contributed by atoms with E-state index in [1.807, 2.05) is 13.8 Å². The third-order valence-corrected chi connectivity index (χ3v) is 8.86. The van der Waals surface area contributed by atoms with Gasteiger partial charge in [-0.25, -0.2) is 16.8 Å². The molecule has 30 heavy (non-hydrogen) atoms. The normalized spacial score (nSPS) is 16.6. The highest BCUT2D eigenvalue weighted by molar-refractivity contribution is 7.89. The first kappa shape index (κ1) is 22.3. The summed E-state index contributed by atoms with van der Waals surface area (Å²) in [6.45, 7) is 3.97. The molecule has 0 aromatic heterocycles. The number of rotatable bonds is 6. The quantitative estimate of drug-likeness (QED) is 0.490. The zero-order chi connectivity index (χ0) is 22.1. The van der Waals surface area contributed by atoms with Gasteiger partial charge in [0.25, 0.3) is 5.69 Å². The molecule has 0 spiro atoms. The minimum atomic E-state index is -3.96. The minimum Gasteiger partial charge on any atom is -0.258 e. The van der Waals surface area contributed by atoms with Crippen LogP contribution in [0.15, 0.2) is 58.3 Å². The first-order valence-electron chi connectivity index (χ1n) is 9.38. The summed E-state index contributed by atoms with van der Waals surface area (Å²) >= 11 is 0. The van der Waals surface area contributed by atoms with Crippen molar-refractivity contribution in [3.05, 3.63) is 64.2 Å². The van der Waals surface area contributed by atoms with Gasteiger partial charge in [0.15, 0.2) is 0 Å². The molecule has 1 aliphatic rings. The molecule has 0 bridgehead atoms. The molecule has 0 amide bonds. The number of sulfonamides is 2. The SMILES string of the molecule is CC(C)c1ccc(S(=O)(=O)N2CCN(S(=O)(=O)c3cccc([N+](=O)[O-])c3)CC2)cc1. The van der Waals surface area contributed by atoms with E-state index >= 15 is 0 Å². The Morgan fingerprint density at radius 1 is 0.833 bits per heavy atom. The molecule has 1 saturated heterocycles. The lowest BCUT2D eigenvalue weighted by molar-refractivity contribution is -0.385. The van der Waals surface area contributed by atoms with Crippen molar-refractivity contribution in [2.75, 3.05) is 26.2 Å². The van der Waals surface area contributed by atoms with Crippen molar-refractivity contribution in [3.63, 3.8) is 0 Å². The lowest BCUT2D eigenvalue weighted by atomic mass is 10.0. The second-order valence-corrected chi connectivity index (χ2v) is 11.2. The molecule has 0 aliphatic carbocycles. The van der Waals surface area contributed by atoms with Gasteiger partial charge >= 0.3 is 0 Å². The predicted molar refractivity (Wildman–Crippen MR) is 111 cm³/mol. The maximum atomic E-state index is 12.9. The van der Waals surface area contributed by atoms with Crippen LogP contribution in [0.2, 0.25) is 0 Å². The summed E-state index contributed by atoms with van der Waals surface area (Å²) in [4.78, 5) is 10.3. The van der Waals surface area contributed by atoms with Crippen LogP contribution in [0.25, 0.3) is 0 Å².